The number of aromatic nitrogens is 1. The van der Waals surface area contributed by atoms with Gasteiger partial charge in [-0.1, -0.05) is 19.1 Å². The van der Waals surface area contributed by atoms with Gasteiger partial charge in [0.1, 0.15) is 17.8 Å². The van der Waals surface area contributed by atoms with E-state index in [-0.39, 0.29) is 24.0 Å². The Morgan fingerprint density at radius 1 is 1.39 bits per heavy atom. The Hall–Kier alpha value is -2.96. The zero-order valence-corrected chi connectivity index (χ0v) is 12.9. The molecule has 1 aromatic heterocycles. The lowest BCUT2D eigenvalue weighted by Gasteiger charge is -2.08. The monoisotopic (exact) mass is 315 g/mol. The van der Waals surface area contributed by atoms with Gasteiger partial charge in [-0.2, -0.15) is 0 Å². The molecule has 0 spiro atoms. The fraction of sp³-hybridized carbons (Fsp3) is 0.250. The SMILES string of the molecule is CCc1cccc(OCC(=O)Nc2cc(C)c([N+](=O)[O-])cn2)c1. The van der Waals surface area contributed by atoms with Crippen LogP contribution in [0.3, 0.4) is 0 Å². The van der Waals surface area contributed by atoms with Crippen molar-refractivity contribution < 1.29 is 14.5 Å². The molecule has 7 heteroatoms. The molecular weight excluding hydrogens is 298 g/mol. The smallest absolute Gasteiger partial charge is 0.290 e. The van der Waals surface area contributed by atoms with Gasteiger partial charge in [-0.25, -0.2) is 4.98 Å². The van der Waals surface area contributed by atoms with E-state index in [4.69, 9.17) is 4.74 Å². The lowest BCUT2D eigenvalue weighted by Crippen LogP contribution is -2.20. The predicted octanol–water partition coefficient (Wildman–Crippen LogP) is 2.88. The van der Waals surface area contributed by atoms with Crippen molar-refractivity contribution in [2.24, 2.45) is 0 Å². The summed E-state index contributed by atoms with van der Waals surface area (Å²) in [6, 6.07) is 8.96. The quantitative estimate of drug-likeness (QED) is 0.653. The first-order valence-corrected chi connectivity index (χ1v) is 7.12. The molecule has 0 saturated heterocycles. The minimum atomic E-state index is -0.516. The first kappa shape index (κ1) is 16.4. The van der Waals surface area contributed by atoms with Crippen LogP contribution in [0, 0.1) is 17.0 Å². The maximum absolute atomic E-state index is 11.9. The molecule has 1 amide bonds. The molecule has 0 fully saturated rings. The van der Waals surface area contributed by atoms with Gasteiger partial charge in [-0.05, 0) is 37.1 Å². The van der Waals surface area contributed by atoms with Crippen LogP contribution in [0.4, 0.5) is 11.5 Å². The van der Waals surface area contributed by atoms with Gasteiger partial charge in [0.2, 0.25) is 0 Å². The molecule has 0 aliphatic rings. The van der Waals surface area contributed by atoms with Crippen molar-refractivity contribution in [3.8, 4) is 5.75 Å². The highest BCUT2D eigenvalue weighted by Gasteiger charge is 2.13. The topological polar surface area (TPSA) is 94.4 Å². The van der Waals surface area contributed by atoms with Crippen molar-refractivity contribution in [2.75, 3.05) is 11.9 Å². The third kappa shape index (κ3) is 4.50. The van der Waals surface area contributed by atoms with Gasteiger partial charge < -0.3 is 10.1 Å². The number of amides is 1. The van der Waals surface area contributed by atoms with Crippen molar-refractivity contribution >= 4 is 17.4 Å². The van der Waals surface area contributed by atoms with Crippen LogP contribution in [0.2, 0.25) is 0 Å². The average molecular weight is 315 g/mol. The Bertz CT molecular complexity index is 731. The highest BCUT2D eigenvalue weighted by Crippen LogP contribution is 2.19. The molecule has 0 aliphatic heterocycles. The molecule has 120 valence electrons. The third-order valence-corrected chi connectivity index (χ3v) is 3.22. The number of hydrogen-bond acceptors (Lipinski definition) is 5. The Morgan fingerprint density at radius 3 is 2.83 bits per heavy atom. The number of anilines is 1. The largest absolute Gasteiger partial charge is 0.484 e. The van der Waals surface area contributed by atoms with Crippen molar-refractivity contribution in [2.45, 2.75) is 20.3 Å². The van der Waals surface area contributed by atoms with Gasteiger partial charge in [0.05, 0.1) is 4.92 Å². The van der Waals surface area contributed by atoms with Gasteiger partial charge >= 0.3 is 0 Å². The molecule has 2 aromatic rings. The van der Waals surface area contributed by atoms with E-state index in [0.717, 1.165) is 18.2 Å². The Morgan fingerprint density at radius 2 is 2.17 bits per heavy atom. The lowest BCUT2D eigenvalue weighted by molar-refractivity contribution is -0.385. The van der Waals surface area contributed by atoms with Crippen molar-refractivity contribution in [1.29, 1.82) is 0 Å². The molecule has 2 rings (SSSR count). The normalized spacial score (nSPS) is 10.2. The van der Waals surface area contributed by atoms with E-state index in [1.54, 1.807) is 13.0 Å². The molecule has 0 saturated carbocycles. The van der Waals surface area contributed by atoms with Crippen molar-refractivity contribution in [3.05, 3.63) is 57.8 Å². The number of carbonyl (C=O) groups excluding carboxylic acids is 1. The van der Waals surface area contributed by atoms with Gasteiger partial charge in [0.15, 0.2) is 6.61 Å². The van der Waals surface area contributed by atoms with Crippen LogP contribution in [0.5, 0.6) is 5.75 Å². The molecule has 7 nitrogen and oxygen atoms in total. The highest BCUT2D eigenvalue weighted by molar-refractivity contribution is 5.91. The zero-order chi connectivity index (χ0) is 16.8. The highest BCUT2D eigenvalue weighted by atomic mass is 16.6. The molecule has 1 N–H and O–H groups in total. The zero-order valence-electron chi connectivity index (χ0n) is 12.9. The molecular formula is C16H17N3O4. The fourth-order valence-electron chi connectivity index (χ4n) is 1.99. The molecule has 1 heterocycles. The second-order valence-corrected chi connectivity index (χ2v) is 4.95. The average Bonchev–Trinajstić information content (AvgIpc) is 2.53. The summed E-state index contributed by atoms with van der Waals surface area (Å²) < 4.78 is 5.43. The van der Waals surface area contributed by atoms with Crippen molar-refractivity contribution in [3.63, 3.8) is 0 Å². The molecule has 0 atom stereocenters. The molecule has 0 radical (unpaired) electrons. The third-order valence-electron chi connectivity index (χ3n) is 3.22. The van der Waals surface area contributed by atoms with E-state index in [1.807, 2.05) is 25.1 Å². The molecule has 0 unspecified atom stereocenters. The van der Waals surface area contributed by atoms with E-state index in [0.29, 0.717) is 11.3 Å². The molecule has 1 aromatic carbocycles. The van der Waals surface area contributed by atoms with E-state index in [2.05, 4.69) is 10.3 Å². The van der Waals surface area contributed by atoms with E-state index in [9.17, 15) is 14.9 Å². The van der Waals surface area contributed by atoms with Crippen LogP contribution in [0.1, 0.15) is 18.1 Å². The maximum Gasteiger partial charge on any atom is 0.290 e. The number of ether oxygens (including phenoxy) is 1. The number of nitro groups is 1. The summed E-state index contributed by atoms with van der Waals surface area (Å²) in [5.41, 5.74) is 1.46. The molecule has 0 bridgehead atoms. The Kier molecular flexibility index (Phi) is 5.24. The van der Waals surface area contributed by atoms with Gasteiger partial charge in [-0.3, -0.25) is 14.9 Å². The van der Waals surface area contributed by atoms with E-state index < -0.39 is 4.92 Å². The lowest BCUT2D eigenvalue weighted by atomic mass is 10.2. The number of nitrogens with zero attached hydrogens (tertiary/aromatic N) is 2. The summed E-state index contributed by atoms with van der Waals surface area (Å²) in [6.45, 7) is 3.46. The van der Waals surface area contributed by atoms with Crippen LogP contribution < -0.4 is 10.1 Å². The summed E-state index contributed by atoms with van der Waals surface area (Å²) in [5.74, 6) is 0.490. The Labute approximate surface area is 133 Å². The number of benzene rings is 1. The summed E-state index contributed by atoms with van der Waals surface area (Å²) in [5, 5.41) is 13.3. The van der Waals surface area contributed by atoms with Gasteiger partial charge in [0, 0.05) is 5.56 Å². The summed E-state index contributed by atoms with van der Waals surface area (Å²) in [6.07, 6.45) is 2.01. The maximum atomic E-state index is 11.9. The van der Waals surface area contributed by atoms with Crippen LogP contribution in [-0.4, -0.2) is 22.4 Å². The van der Waals surface area contributed by atoms with E-state index >= 15 is 0 Å². The molecule has 23 heavy (non-hydrogen) atoms. The first-order valence-electron chi connectivity index (χ1n) is 7.12. The predicted molar refractivity (Wildman–Crippen MR) is 85.6 cm³/mol. The first-order chi connectivity index (χ1) is 11.0. The minimum Gasteiger partial charge on any atom is -0.484 e. The number of rotatable bonds is 6. The summed E-state index contributed by atoms with van der Waals surface area (Å²) in [7, 11) is 0. The fourth-order valence-corrected chi connectivity index (χ4v) is 1.99. The van der Waals surface area contributed by atoms with Gasteiger partial charge in [0.25, 0.3) is 11.6 Å². The van der Waals surface area contributed by atoms with Crippen LogP contribution in [-0.2, 0) is 11.2 Å². The summed E-state index contributed by atoms with van der Waals surface area (Å²) in [4.78, 5) is 25.9. The minimum absolute atomic E-state index is 0.0874. The Balaban J connectivity index is 1.94. The molecule has 0 aliphatic carbocycles. The van der Waals surface area contributed by atoms with Crippen LogP contribution >= 0.6 is 0 Å². The van der Waals surface area contributed by atoms with Crippen LogP contribution in [0.25, 0.3) is 0 Å². The second kappa shape index (κ2) is 7.35. The standard InChI is InChI=1S/C16H17N3O4/c1-3-12-5-4-6-13(8-12)23-10-16(20)18-15-7-11(2)14(9-17-15)19(21)22/h4-9H,3,10H2,1-2H3,(H,17,18,20). The number of aryl methyl sites for hydroxylation is 2. The van der Waals surface area contributed by atoms with Gasteiger partial charge in [-0.15, -0.1) is 0 Å². The summed E-state index contributed by atoms with van der Waals surface area (Å²) >= 11 is 0. The van der Waals surface area contributed by atoms with Crippen molar-refractivity contribution in [1.82, 2.24) is 4.98 Å². The number of carbonyl (C=O) groups is 1. The number of nitrogens with one attached hydrogen (secondary N) is 1. The van der Waals surface area contributed by atoms with E-state index in [1.165, 1.54) is 6.07 Å². The number of pyridine rings is 1. The number of hydrogen-bond donors (Lipinski definition) is 1. The second-order valence-electron chi connectivity index (χ2n) is 4.95. The van der Waals surface area contributed by atoms with Crippen LogP contribution in [0.15, 0.2) is 36.5 Å².